The Bertz CT molecular complexity index is 778. The van der Waals surface area contributed by atoms with Crippen LogP contribution in [0.15, 0.2) is 35.7 Å². The van der Waals surface area contributed by atoms with Gasteiger partial charge in [0.15, 0.2) is 0 Å². The zero-order valence-corrected chi connectivity index (χ0v) is 15.5. The molecule has 1 atom stereocenters. The number of nitrogens with zero attached hydrogens (tertiary/aromatic N) is 1. The summed E-state index contributed by atoms with van der Waals surface area (Å²) < 4.78 is 5.43. The van der Waals surface area contributed by atoms with Crippen molar-refractivity contribution in [2.75, 3.05) is 32.8 Å². The van der Waals surface area contributed by atoms with Crippen LogP contribution in [-0.2, 0) is 4.74 Å². The molecular weight excluding hydrogens is 378 g/mol. The van der Waals surface area contributed by atoms with Gasteiger partial charge in [0.2, 0.25) is 0 Å². The lowest BCUT2D eigenvalue weighted by Gasteiger charge is -2.31. The number of rotatable bonds is 6. The third-order valence-corrected chi connectivity index (χ3v) is 5.70. The van der Waals surface area contributed by atoms with Crippen LogP contribution < -0.4 is 10.2 Å². The lowest BCUT2D eigenvalue weighted by molar-refractivity contribution is -0.937. The van der Waals surface area contributed by atoms with Gasteiger partial charge < -0.3 is 15.0 Å². The van der Waals surface area contributed by atoms with Gasteiger partial charge in [0.1, 0.15) is 19.1 Å². The zero-order chi connectivity index (χ0) is 18.5. The van der Waals surface area contributed by atoms with Crippen LogP contribution in [0.1, 0.15) is 21.3 Å². The van der Waals surface area contributed by atoms with E-state index in [4.69, 9.17) is 16.3 Å². The van der Waals surface area contributed by atoms with Gasteiger partial charge in [0.05, 0.1) is 40.1 Å². The first-order chi connectivity index (χ1) is 12.6. The van der Waals surface area contributed by atoms with Crippen LogP contribution in [0.4, 0.5) is 5.69 Å². The Balaban J connectivity index is 1.73. The van der Waals surface area contributed by atoms with Gasteiger partial charge in [-0.15, -0.1) is 11.3 Å². The van der Waals surface area contributed by atoms with Crippen molar-refractivity contribution in [1.82, 2.24) is 5.32 Å². The quantitative estimate of drug-likeness (QED) is 0.574. The van der Waals surface area contributed by atoms with Crippen LogP contribution in [0, 0.1) is 10.1 Å². The van der Waals surface area contributed by atoms with Crippen molar-refractivity contribution >= 4 is 34.5 Å². The molecule has 1 aromatic carbocycles. The van der Waals surface area contributed by atoms with E-state index in [0.717, 1.165) is 13.1 Å². The first-order valence-electron chi connectivity index (χ1n) is 8.24. The number of amides is 1. The average Bonchev–Trinajstić information content (AvgIpc) is 3.17. The Labute approximate surface area is 159 Å². The highest BCUT2D eigenvalue weighted by Crippen LogP contribution is 2.22. The number of nitro groups is 1. The third kappa shape index (κ3) is 4.39. The molecule has 1 aliphatic heterocycles. The highest BCUT2D eigenvalue weighted by molar-refractivity contribution is 7.10. The summed E-state index contributed by atoms with van der Waals surface area (Å²) in [6.45, 7) is 3.56. The number of nitrogens with one attached hydrogen (secondary N) is 2. The van der Waals surface area contributed by atoms with Gasteiger partial charge >= 0.3 is 0 Å². The molecule has 3 rings (SSSR count). The zero-order valence-electron chi connectivity index (χ0n) is 13.9. The van der Waals surface area contributed by atoms with Crippen LogP contribution in [0.3, 0.4) is 0 Å². The van der Waals surface area contributed by atoms with Gasteiger partial charge in [-0.2, -0.15) is 0 Å². The van der Waals surface area contributed by atoms with E-state index < -0.39 is 10.8 Å². The van der Waals surface area contributed by atoms with Crippen LogP contribution in [0.2, 0.25) is 5.02 Å². The third-order valence-electron chi connectivity index (χ3n) is 4.39. The number of benzene rings is 1. The smallest absolute Gasteiger partial charge is 0.270 e. The number of carbonyl (C=O) groups excluding carboxylic acids is 1. The van der Waals surface area contributed by atoms with E-state index in [2.05, 4.69) is 11.4 Å². The molecule has 2 heterocycles. The summed E-state index contributed by atoms with van der Waals surface area (Å²) >= 11 is 7.71. The number of ether oxygens (including phenoxy) is 1. The molecule has 26 heavy (non-hydrogen) atoms. The van der Waals surface area contributed by atoms with E-state index in [-0.39, 0.29) is 22.3 Å². The fourth-order valence-corrected chi connectivity index (χ4v) is 4.10. The summed E-state index contributed by atoms with van der Waals surface area (Å²) in [5.74, 6) is -0.409. The minimum atomic E-state index is -0.542. The van der Waals surface area contributed by atoms with Gasteiger partial charge in [-0.05, 0) is 17.5 Å². The van der Waals surface area contributed by atoms with Crippen molar-refractivity contribution < 1.29 is 19.4 Å². The second-order valence-corrected chi connectivity index (χ2v) is 7.36. The molecule has 0 radical (unpaired) electrons. The maximum absolute atomic E-state index is 12.5. The van der Waals surface area contributed by atoms with Crippen LogP contribution >= 0.6 is 22.9 Å². The van der Waals surface area contributed by atoms with Gasteiger partial charge in [-0.3, -0.25) is 14.9 Å². The van der Waals surface area contributed by atoms with Crippen LogP contribution in [0.25, 0.3) is 0 Å². The summed E-state index contributed by atoms with van der Waals surface area (Å²) in [5.41, 5.74) is -0.0454. The highest BCUT2D eigenvalue weighted by Gasteiger charge is 2.28. The second-order valence-electron chi connectivity index (χ2n) is 5.97. The van der Waals surface area contributed by atoms with Gasteiger partial charge in [0, 0.05) is 12.1 Å². The normalized spacial score (nSPS) is 16.2. The minimum Gasteiger partial charge on any atom is -0.370 e. The molecule has 1 amide bonds. The Kier molecular flexibility index (Phi) is 6.20. The maximum Gasteiger partial charge on any atom is 0.270 e. The molecule has 0 unspecified atom stereocenters. The average molecular weight is 397 g/mol. The predicted molar refractivity (Wildman–Crippen MR) is 99.0 cm³/mol. The van der Waals surface area contributed by atoms with Gasteiger partial charge in [-0.1, -0.05) is 17.7 Å². The van der Waals surface area contributed by atoms with Crippen molar-refractivity contribution in [3.63, 3.8) is 0 Å². The lowest BCUT2D eigenvalue weighted by atomic mass is 10.1. The number of morpholine rings is 1. The number of nitro benzene ring substituents is 1. The van der Waals surface area contributed by atoms with Crippen molar-refractivity contribution in [1.29, 1.82) is 0 Å². The molecule has 9 heteroatoms. The highest BCUT2D eigenvalue weighted by atomic mass is 35.5. The van der Waals surface area contributed by atoms with E-state index in [1.807, 2.05) is 11.4 Å². The summed E-state index contributed by atoms with van der Waals surface area (Å²) in [6.07, 6.45) is 0. The number of thiophene rings is 1. The Morgan fingerprint density at radius 3 is 2.81 bits per heavy atom. The predicted octanol–water partition coefficient (Wildman–Crippen LogP) is 1.70. The van der Waals surface area contributed by atoms with Crippen molar-refractivity contribution in [3.05, 3.63) is 61.3 Å². The van der Waals surface area contributed by atoms with E-state index in [1.165, 1.54) is 28.0 Å². The molecule has 0 saturated carbocycles. The number of quaternary nitrogens is 1. The van der Waals surface area contributed by atoms with E-state index in [9.17, 15) is 14.9 Å². The number of carbonyl (C=O) groups is 1. The van der Waals surface area contributed by atoms with E-state index in [1.54, 1.807) is 11.3 Å². The number of halogens is 1. The standard InChI is InChI=1S/C17H18ClN3O4S/c18-14-4-3-12(21(23)24)10-13(14)17(22)19-11-15(16-2-1-9-26-16)20-5-7-25-8-6-20/h1-4,9-10,15H,5-8,11H2,(H,19,22)/p+1/t15-/m0/s1. The number of non-ortho nitro benzene ring substituents is 1. The minimum absolute atomic E-state index is 0.111. The van der Waals surface area contributed by atoms with Crippen LogP contribution in [-0.4, -0.2) is 43.7 Å². The number of hydrogen-bond donors (Lipinski definition) is 2. The molecule has 138 valence electrons. The van der Waals surface area contributed by atoms with E-state index >= 15 is 0 Å². The fourth-order valence-electron chi connectivity index (χ4n) is 3.01. The molecule has 2 N–H and O–H groups in total. The number of hydrogen-bond acceptors (Lipinski definition) is 5. The monoisotopic (exact) mass is 396 g/mol. The Morgan fingerprint density at radius 1 is 1.38 bits per heavy atom. The molecule has 7 nitrogen and oxygen atoms in total. The SMILES string of the molecule is O=C(NC[C@@H](c1cccs1)[NH+]1CCOCC1)c1cc([N+](=O)[O-])ccc1Cl. The molecule has 1 fully saturated rings. The Hall–Kier alpha value is -2.00. The van der Waals surface area contributed by atoms with E-state index in [0.29, 0.717) is 19.8 Å². The topological polar surface area (TPSA) is 85.9 Å². The molecule has 1 aliphatic rings. The molecule has 0 bridgehead atoms. The summed E-state index contributed by atoms with van der Waals surface area (Å²) in [5, 5.41) is 16.0. The molecule has 1 aromatic heterocycles. The molecule has 2 aromatic rings. The van der Waals surface area contributed by atoms with Gasteiger partial charge in [-0.25, -0.2) is 0 Å². The fraction of sp³-hybridized carbons (Fsp3) is 0.353. The molecule has 0 aliphatic carbocycles. The van der Waals surface area contributed by atoms with Crippen molar-refractivity contribution in [2.45, 2.75) is 6.04 Å². The molecular formula is C17H19ClN3O4S+. The summed E-state index contributed by atoms with van der Waals surface area (Å²) in [7, 11) is 0. The van der Waals surface area contributed by atoms with Gasteiger partial charge in [0.25, 0.3) is 11.6 Å². The lowest BCUT2D eigenvalue weighted by Crippen LogP contribution is -3.15. The van der Waals surface area contributed by atoms with Crippen molar-refractivity contribution in [2.24, 2.45) is 0 Å². The summed E-state index contributed by atoms with van der Waals surface area (Å²) in [6, 6.07) is 8.03. The first kappa shape index (κ1) is 18.8. The largest absolute Gasteiger partial charge is 0.370 e. The van der Waals surface area contributed by atoms with Crippen molar-refractivity contribution in [3.8, 4) is 0 Å². The second kappa shape index (κ2) is 8.59. The molecule has 0 spiro atoms. The molecule has 1 saturated heterocycles. The van der Waals surface area contributed by atoms with Crippen LogP contribution in [0.5, 0.6) is 0 Å². The maximum atomic E-state index is 12.5. The Morgan fingerprint density at radius 2 is 2.15 bits per heavy atom. The summed E-state index contributed by atoms with van der Waals surface area (Å²) in [4.78, 5) is 25.5. The first-order valence-corrected chi connectivity index (χ1v) is 9.50.